The minimum atomic E-state index is -0.238. The van der Waals surface area contributed by atoms with Gasteiger partial charge in [-0.15, -0.1) is 0 Å². The SMILES string of the molecule is CCN(CC(C)C)C(C)C(N)=O. The molecular weight excluding hydrogens is 152 g/mol. The quantitative estimate of drug-likeness (QED) is 0.668. The maximum atomic E-state index is 10.9. The van der Waals surface area contributed by atoms with Crippen molar-refractivity contribution in [2.24, 2.45) is 11.7 Å². The van der Waals surface area contributed by atoms with E-state index < -0.39 is 0 Å². The van der Waals surface area contributed by atoms with Gasteiger partial charge in [0.2, 0.25) is 5.91 Å². The molecule has 3 nitrogen and oxygen atoms in total. The highest BCUT2D eigenvalue weighted by Gasteiger charge is 2.17. The molecule has 0 rings (SSSR count). The first kappa shape index (κ1) is 11.4. The van der Waals surface area contributed by atoms with Crippen LogP contribution in [0.15, 0.2) is 0 Å². The van der Waals surface area contributed by atoms with Crippen molar-refractivity contribution in [3.8, 4) is 0 Å². The van der Waals surface area contributed by atoms with E-state index in [0.29, 0.717) is 5.92 Å². The van der Waals surface area contributed by atoms with E-state index in [1.54, 1.807) is 0 Å². The van der Waals surface area contributed by atoms with Crippen LogP contribution < -0.4 is 5.73 Å². The molecular formula is C9H20N2O. The van der Waals surface area contributed by atoms with Crippen LogP contribution in [0.25, 0.3) is 0 Å². The Kier molecular flexibility index (Phi) is 4.90. The third kappa shape index (κ3) is 3.72. The normalized spacial score (nSPS) is 13.8. The van der Waals surface area contributed by atoms with Crippen molar-refractivity contribution < 1.29 is 4.79 Å². The summed E-state index contributed by atoms with van der Waals surface area (Å²) in [5, 5.41) is 0. The maximum Gasteiger partial charge on any atom is 0.234 e. The Morgan fingerprint density at radius 3 is 2.17 bits per heavy atom. The van der Waals surface area contributed by atoms with E-state index in [2.05, 4.69) is 18.7 Å². The maximum absolute atomic E-state index is 10.9. The Hall–Kier alpha value is -0.570. The fourth-order valence-corrected chi connectivity index (χ4v) is 1.21. The first-order valence-corrected chi connectivity index (χ1v) is 4.52. The van der Waals surface area contributed by atoms with Gasteiger partial charge in [-0.25, -0.2) is 0 Å². The number of hydrogen-bond acceptors (Lipinski definition) is 2. The number of amides is 1. The summed E-state index contributed by atoms with van der Waals surface area (Å²) in [6, 6.07) is -0.141. The summed E-state index contributed by atoms with van der Waals surface area (Å²) in [7, 11) is 0. The monoisotopic (exact) mass is 172 g/mol. The van der Waals surface area contributed by atoms with Gasteiger partial charge in [-0.2, -0.15) is 0 Å². The Morgan fingerprint density at radius 2 is 1.92 bits per heavy atom. The number of hydrogen-bond donors (Lipinski definition) is 1. The van der Waals surface area contributed by atoms with Crippen LogP contribution in [0.1, 0.15) is 27.7 Å². The minimum Gasteiger partial charge on any atom is -0.368 e. The topological polar surface area (TPSA) is 46.3 Å². The highest BCUT2D eigenvalue weighted by molar-refractivity contribution is 5.79. The number of rotatable bonds is 5. The summed E-state index contributed by atoms with van der Waals surface area (Å²) in [5.41, 5.74) is 5.21. The van der Waals surface area contributed by atoms with Crippen molar-refractivity contribution in [3.05, 3.63) is 0 Å². The average molecular weight is 172 g/mol. The number of primary amides is 1. The summed E-state index contributed by atoms with van der Waals surface area (Å²) in [4.78, 5) is 13.0. The van der Waals surface area contributed by atoms with E-state index >= 15 is 0 Å². The number of nitrogens with zero attached hydrogens (tertiary/aromatic N) is 1. The molecule has 0 bridgehead atoms. The van der Waals surface area contributed by atoms with Gasteiger partial charge in [0.1, 0.15) is 0 Å². The zero-order valence-corrected chi connectivity index (χ0v) is 8.50. The van der Waals surface area contributed by atoms with Gasteiger partial charge in [-0.1, -0.05) is 20.8 Å². The van der Waals surface area contributed by atoms with E-state index in [4.69, 9.17) is 5.73 Å². The van der Waals surface area contributed by atoms with Gasteiger partial charge in [0.25, 0.3) is 0 Å². The molecule has 0 radical (unpaired) electrons. The van der Waals surface area contributed by atoms with Gasteiger partial charge >= 0.3 is 0 Å². The van der Waals surface area contributed by atoms with Crippen molar-refractivity contribution in [1.29, 1.82) is 0 Å². The first-order valence-electron chi connectivity index (χ1n) is 4.52. The van der Waals surface area contributed by atoms with Crippen molar-refractivity contribution in [2.45, 2.75) is 33.7 Å². The van der Waals surface area contributed by atoms with E-state index in [-0.39, 0.29) is 11.9 Å². The van der Waals surface area contributed by atoms with Gasteiger partial charge in [-0.3, -0.25) is 9.69 Å². The number of likely N-dealkylation sites (N-methyl/N-ethyl adjacent to an activating group) is 1. The van der Waals surface area contributed by atoms with Crippen LogP contribution >= 0.6 is 0 Å². The van der Waals surface area contributed by atoms with Crippen LogP contribution in [0.4, 0.5) is 0 Å². The van der Waals surface area contributed by atoms with Crippen molar-refractivity contribution in [1.82, 2.24) is 4.90 Å². The number of carbonyl (C=O) groups excluding carboxylic acids is 1. The second kappa shape index (κ2) is 5.14. The summed E-state index contributed by atoms with van der Waals surface area (Å²) in [6.07, 6.45) is 0. The standard InChI is InChI=1S/C9H20N2O/c1-5-11(6-7(2)3)8(4)9(10)12/h7-8H,5-6H2,1-4H3,(H2,10,12). The lowest BCUT2D eigenvalue weighted by Crippen LogP contribution is -2.44. The van der Waals surface area contributed by atoms with Crippen molar-refractivity contribution in [2.75, 3.05) is 13.1 Å². The molecule has 0 saturated heterocycles. The molecule has 72 valence electrons. The molecule has 0 aliphatic carbocycles. The van der Waals surface area contributed by atoms with Gasteiger partial charge < -0.3 is 5.73 Å². The Morgan fingerprint density at radius 1 is 1.42 bits per heavy atom. The molecule has 12 heavy (non-hydrogen) atoms. The molecule has 2 N–H and O–H groups in total. The van der Waals surface area contributed by atoms with Crippen LogP contribution in [-0.2, 0) is 4.79 Å². The zero-order valence-electron chi connectivity index (χ0n) is 8.50. The summed E-state index contributed by atoms with van der Waals surface area (Å²) >= 11 is 0. The van der Waals surface area contributed by atoms with Crippen LogP contribution in [0.5, 0.6) is 0 Å². The van der Waals surface area contributed by atoms with Crippen LogP contribution in [0.2, 0.25) is 0 Å². The third-order valence-electron chi connectivity index (χ3n) is 1.97. The lowest BCUT2D eigenvalue weighted by molar-refractivity contribution is -0.122. The Labute approximate surface area is 74.9 Å². The Bertz CT molecular complexity index is 145. The molecule has 0 saturated carbocycles. The van der Waals surface area contributed by atoms with Gasteiger partial charge in [0.05, 0.1) is 6.04 Å². The molecule has 3 heteroatoms. The molecule has 0 aliphatic heterocycles. The molecule has 0 spiro atoms. The smallest absolute Gasteiger partial charge is 0.234 e. The summed E-state index contributed by atoms with van der Waals surface area (Å²) in [6.45, 7) is 9.98. The van der Waals surface area contributed by atoms with Crippen LogP contribution in [0, 0.1) is 5.92 Å². The average Bonchev–Trinajstić information content (AvgIpc) is 1.98. The minimum absolute atomic E-state index is 0.141. The van der Waals surface area contributed by atoms with Crippen molar-refractivity contribution in [3.63, 3.8) is 0 Å². The van der Waals surface area contributed by atoms with Crippen LogP contribution in [0.3, 0.4) is 0 Å². The predicted octanol–water partition coefficient (Wildman–Crippen LogP) is 0.838. The number of carbonyl (C=O) groups is 1. The van der Waals surface area contributed by atoms with Crippen molar-refractivity contribution >= 4 is 5.91 Å². The van der Waals surface area contributed by atoms with Gasteiger partial charge in [-0.05, 0) is 19.4 Å². The van der Waals surface area contributed by atoms with E-state index in [0.717, 1.165) is 13.1 Å². The largest absolute Gasteiger partial charge is 0.368 e. The molecule has 1 atom stereocenters. The van der Waals surface area contributed by atoms with Crippen LogP contribution in [-0.4, -0.2) is 29.9 Å². The lowest BCUT2D eigenvalue weighted by atomic mass is 10.1. The van der Waals surface area contributed by atoms with E-state index in [1.807, 2.05) is 13.8 Å². The molecule has 0 aromatic heterocycles. The van der Waals surface area contributed by atoms with E-state index in [9.17, 15) is 4.79 Å². The summed E-state index contributed by atoms with van der Waals surface area (Å²) < 4.78 is 0. The van der Waals surface area contributed by atoms with Gasteiger partial charge in [0, 0.05) is 6.54 Å². The zero-order chi connectivity index (χ0) is 9.72. The fourth-order valence-electron chi connectivity index (χ4n) is 1.21. The molecule has 0 heterocycles. The summed E-state index contributed by atoms with van der Waals surface area (Å²) in [5.74, 6) is 0.337. The Balaban J connectivity index is 4.05. The lowest BCUT2D eigenvalue weighted by Gasteiger charge is -2.26. The molecule has 0 aromatic carbocycles. The number of nitrogens with two attached hydrogens (primary N) is 1. The second-order valence-electron chi connectivity index (χ2n) is 3.56. The third-order valence-corrected chi connectivity index (χ3v) is 1.97. The second-order valence-corrected chi connectivity index (χ2v) is 3.56. The highest BCUT2D eigenvalue weighted by Crippen LogP contribution is 2.03. The van der Waals surface area contributed by atoms with E-state index in [1.165, 1.54) is 0 Å². The molecule has 0 aromatic rings. The molecule has 1 unspecified atom stereocenters. The fraction of sp³-hybridized carbons (Fsp3) is 0.889. The molecule has 1 amide bonds. The molecule has 0 aliphatic rings. The first-order chi connectivity index (χ1) is 5.49. The predicted molar refractivity (Wildman–Crippen MR) is 50.7 cm³/mol. The van der Waals surface area contributed by atoms with Gasteiger partial charge in [0.15, 0.2) is 0 Å². The highest BCUT2D eigenvalue weighted by atomic mass is 16.1. The molecule has 0 fully saturated rings.